The van der Waals surface area contributed by atoms with Gasteiger partial charge in [0.05, 0.1) is 0 Å². The number of benzene rings is 2. The Balaban J connectivity index is 0.00000342. The van der Waals surface area contributed by atoms with Crippen LogP contribution in [-0.4, -0.2) is 80.1 Å². The van der Waals surface area contributed by atoms with Crippen LogP contribution in [0.2, 0.25) is 0 Å². The smallest absolute Gasteiger partial charge is 0.370 e. The van der Waals surface area contributed by atoms with E-state index in [0.29, 0.717) is 19.5 Å². The Kier molecular flexibility index (Phi) is 9.74. The second-order valence-corrected chi connectivity index (χ2v) is 9.82. The monoisotopic (exact) mass is 508 g/mol. The number of carbonyl (C=O) groups excluding carboxylic acids is 1. The minimum absolute atomic E-state index is 0. The van der Waals surface area contributed by atoms with Gasteiger partial charge in [-0.25, -0.2) is 0 Å². The summed E-state index contributed by atoms with van der Waals surface area (Å²) < 4.78 is 37.6. The van der Waals surface area contributed by atoms with E-state index in [0.717, 1.165) is 57.9 Å². The molecule has 2 aliphatic rings. The Labute approximate surface area is 210 Å². The molecule has 0 aliphatic carbocycles. The van der Waals surface area contributed by atoms with E-state index in [9.17, 15) is 18.0 Å². The normalized spacial score (nSPS) is 17.6. The second-order valence-electron chi connectivity index (χ2n) is 8.68. The molecule has 0 radical (unpaired) electrons. The number of amides is 1. The van der Waals surface area contributed by atoms with Crippen LogP contribution in [-0.2, 0) is 4.79 Å². The highest BCUT2D eigenvalue weighted by atomic mass is 32.2. The second kappa shape index (κ2) is 12.5. The van der Waals surface area contributed by atoms with Crippen molar-refractivity contribution >= 4 is 29.0 Å². The lowest BCUT2D eigenvalue weighted by atomic mass is 10.2. The topological polar surface area (TPSA) is 30.0 Å². The standard InChI is InChI=1S/C25H31F3N4OS.CH4/c26-25(27,28)34-23-9-7-22(8-10-23)30-12-4-13-32(20-19-30)24(33)11-14-29-15-17-31(18-16-29)21-5-2-1-3-6-21;/h1-3,5-10H,4,11-20H2;1H4. The molecular formula is C26H35F3N4OS. The van der Waals surface area contributed by atoms with Gasteiger partial charge < -0.3 is 14.7 Å². The minimum atomic E-state index is -4.28. The first-order valence-corrected chi connectivity index (χ1v) is 12.6. The summed E-state index contributed by atoms with van der Waals surface area (Å²) in [5, 5.41) is 0. The van der Waals surface area contributed by atoms with Crippen molar-refractivity contribution in [3.8, 4) is 0 Å². The number of para-hydroxylation sites is 1. The molecule has 0 spiro atoms. The molecule has 0 bridgehead atoms. The lowest BCUT2D eigenvalue weighted by Crippen LogP contribution is -2.47. The summed E-state index contributed by atoms with van der Waals surface area (Å²) in [5.74, 6) is 0.185. The Bertz CT molecular complexity index is 918. The van der Waals surface area contributed by atoms with Crippen molar-refractivity contribution < 1.29 is 18.0 Å². The molecule has 2 aromatic rings. The Morgan fingerprint density at radius 3 is 2.03 bits per heavy atom. The maximum absolute atomic E-state index is 12.9. The fourth-order valence-corrected chi connectivity index (χ4v) is 5.10. The van der Waals surface area contributed by atoms with E-state index >= 15 is 0 Å². The van der Waals surface area contributed by atoms with Gasteiger partial charge in [-0.05, 0) is 54.6 Å². The van der Waals surface area contributed by atoms with Gasteiger partial charge in [0, 0.05) is 81.6 Å². The van der Waals surface area contributed by atoms with Gasteiger partial charge in [-0.1, -0.05) is 25.6 Å². The minimum Gasteiger partial charge on any atom is -0.370 e. The number of rotatable bonds is 6. The van der Waals surface area contributed by atoms with Crippen molar-refractivity contribution in [2.24, 2.45) is 0 Å². The van der Waals surface area contributed by atoms with Crippen molar-refractivity contribution in [1.29, 1.82) is 0 Å². The molecule has 192 valence electrons. The fourth-order valence-electron chi connectivity index (χ4n) is 4.56. The van der Waals surface area contributed by atoms with Crippen LogP contribution in [0, 0.1) is 0 Å². The number of thioether (sulfide) groups is 1. The highest BCUT2D eigenvalue weighted by molar-refractivity contribution is 8.00. The lowest BCUT2D eigenvalue weighted by Gasteiger charge is -2.36. The predicted molar refractivity (Wildman–Crippen MR) is 138 cm³/mol. The molecule has 0 unspecified atom stereocenters. The molecule has 2 fully saturated rings. The SMILES string of the molecule is C.O=C(CCN1CCN(c2ccccc2)CC1)N1CCCN(c2ccc(SC(F)(F)F)cc2)CC1. The van der Waals surface area contributed by atoms with Crippen LogP contribution < -0.4 is 9.80 Å². The van der Waals surface area contributed by atoms with E-state index in [4.69, 9.17) is 0 Å². The summed E-state index contributed by atoms with van der Waals surface area (Å²) in [7, 11) is 0. The average molecular weight is 509 g/mol. The van der Waals surface area contributed by atoms with Crippen LogP contribution in [0.15, 0.2) is 59.5 Å². The number of anilines is 2. The summed E-state index contributed by atoms with van der Waals surface area (Å²) in [6, 6.07) is 16.9. The van der Waals surface area contributed by atoms with E-state index in [-0.39, 0.29) is 30.0 Å². The molecule has 4 rings (SSSR count). The van der Waals surface area contributed by atoms with Crippen molar-refractivity contribution in [2.75, 3.05) is 68.7 Å². The molecule has 0 aromatic heterocycles. The molecule has 2 saturated heterocycles. The van der Waals surface area contributed by atoms with Crippen molar-refractivity contribution in [3.05, 3.63) is 54.6 Å². The lowest BCUT2D eigenvalue weighted by molar-refractivity contribution is -0.131. The molecule has 5 nitrogen and oxygen atoms in total. The molecule has 2 heterocycles. The maximum atomic E-state index is 12.9. The zero-order valence-electron chi connectivity index (χ0n) is 19.2. The number of nitrogens with zero attached hydrogens (tertiary/aromatic N) is 4. The van der Waals surface area contributed by atoms with E-state index in [1.807, 2.05) is 11.0 Å². The van der Waals surface area contributed by atoms with Gasteiger partial charge in [0.15, 0.2) is 0 Å². The zero-order chi connectivity index (χ0) is 24.0. The van der Waals surface area contributed by atoms with Gasteiger partial charge in [0.25, 0.3) is 0 Å². The Morgan fingerprint density at radius 2 is 1.37 bits per heavy atom. The first-order chi connectivity index (χ1) is 16.4. The highest BCUT2D eigenvalue weighted by Crippen LogP contribution is 2.37. The summed E-state index contributed by atoms with van der Waals surface area (Å²) in [4.78, 5) is 21.9. The largest absolute Gasteiger partial charge is 0.446 e. The van der Waals surface area contributed by atoms with Crippen LogP contribution >= 0.6 is 11.8 Å². The van der Waals surface area contributed by atoms with Crippen LogP contribution in [0.25, 0.3) is 0 Å². The number of hydrogen-bond donors (Lipinski definition) is 0. The fraction of sp³-hybridized carbons (Fsp3) is 0.500. The molecule has 2 aliphatic heterocycles. The Morgan fingerprint density at radius 1 is 0.771 bits per heavy atom. The predicted octanol–water partition coefficient (Wildman–Crippen LogP) is 5.19. The number of halogens is 3. The van der Waals surface area contributed by atoms with E-state index in [2.05, 4.69) is 39.0 Å². The van der Waals surface area contributed by atoms with Gasteiger partial charge in [0.2, 0.25) is 5.91 Å². The number of carbonyl (C=O) groups is 1. The van der Waals surface area contributed by atoms with Gasteiger partial charge in [-0.15, -0.1) is 0 Å². The van der Waals surface area contributed by atoms with Crippen LogP contribution in [0.1, 0.15) is 20.3 Å². The maximum Gasteiger partial charge on any atom is 0.446 e. The van der Waals surface area contributed by atoms with Gasteiger partial charge in [0.1, 0.15) is 0 Å². The molecule has 0 saturated carbocycles. The Hall–Kier alpha value is -2.39. The summed E-state index contributed by atoms with van der Waals surface area (Å²) >= 11 is -0.0975. The molecular weight excluding hydrogens is 473 g/mol. The van der Waals surface area contributed by atoms with Crippen LogP contribution in [0.4, 0.5) is 24.5 Å². The molecule has 35 heavy (non-hydrogen) atoms. The molecule has 9 heteroatoms. The molecule has 2 aromatic carbocycles. The molecule has 0 N–H and O–H groups in total. The first kappa shape index (κ1) is 27.2. The zero-order valence-corrected chi connectivity index (χ0v) is 20.0. The number of piperazine rings is 1. The van der Waals surface area contributed by atoms with E-state index in [1.165, 1.54) is 17.8 Å². The van der Waals surface area contributed by atoms with Crippen molar-refractivity contribution in [1.82, 2.24) is 9.80 Å². The average Bonchev–Trinajstić information content (AvgIpc) is 3.09. The number of alkyl halides is 3. The third kappa shape index (κ3) is 8.07. The third-order valence-corrected chi connectivity index (χ3v) is 7.16. The van der Waals surface area contributed by atoms with Gasteiger partial charge in [-0.3, -0.25) is 9.69 Å². The summed E-state index contributed by atoms with van der Waals surface area (Å²) in [6.07, 6.45) is 1.37. The van der Waals surface area contributed by atoms with Crippen molar-refractivity contribution in [2.45, 2.75) is 30.7 Å². The van der Waals surface area contributed by atoms with E-state index < -0.39 is 5.51 Å². The third-order valence-electron chi connectivity index (χ3n) is 6.42. The quantitative estimate of drug-likeness (QED) is 0.502. The highest BCUT2D eigenvalue weighted by Gasteiger charge is 2.29. The first-order valence-electron chi connectivity index (χ1n) is 11.8. The summed E-state index contributed by atoms with van der Waals surface area (Å²) in [6.45, 7) is 7.47. The summed E-state index contributed by atoms with van der Waals surface area (Å²) in [5.41, 5.74) is -2.13. The van der Waals surface area contributed by atoms with Gasteiger partial charge >= 0.3 is 5.51 Å². The molecule has 1 amide bonds. The van der Waals surface area contributed by atoms with Crippen molar-refractivity contribution in [3.63, 3.8) is 0 Å². The number of hydrogen-bond acceptors (Lipinski definition) is 5. The molecule has 0 atom stereocenters. The van der Waals surface area contributed by atoms with Crippen LogP contribution in [0.3, 0.4) is 0 Å². The van der Waals surface area contributed by atoms with Crippen LogP contribution in [0.5, 0.6) is 0 Å². The van der Waals surface area contributed by atoms with E-state index in [1.54, 1.807) is 12.1 Å². The van der Waals surface area contributed by atoms with Gasteiger partial charge in [-0.2, -0.15) is 13.2 Å².